The molecule has 2 aromatic rings. The molecule has 1 heterocycles. The predicted octanol–water partition coefficient (Wildman–Crippen LogP) is 2.72. The minimum atomic E-state index is 0.00100. The van der Waals surface area contributed by atoms with E-state index in [4.69, 9.17) is 4.52 Å². The van der Waals surface area contributed by atoms with Gasteiger partial charge in [0, 0.05) is 11.8 Å². The maximum absolute atomic E-state index is 11.7. The molecule has 1 aliphatic rings. The number of nitrogens with zero attached hydrogens (tertiary/aromatic N) is 2. The lowest BCUT2D eigenvalue weighted by Gasteiger charge is -2.01. The molecule has 1 aromatic heterocycles. The second-order valence-electron chi connectivity index (χ2n) is 5.72. The maximum Gasteiger partial charge on any atom is 0.234 e. The molecule has 4 nitrogen and oxygen atoms in total. The van der Waals surface area contributed by atoms with Crippen molar-refractivity contribution >= 4 is 5.78 Å². The highest BCUT2D eigenvalue weighted by Crippen LogP contribution is 2.32. The lowest BCUT2D eigenvalue weighted by molar-refractivity contribution is -0.121. The van der Waals surface area contributed by atoms with Crippen molar-refractivity contribution in [1.82, 2.24) is 10.1 Å². The van der Waals surface area contributed by atoms with Crippen LogP contribution in [0.2, 0.25) is 0 Å². The third-order valence-electron chi connectivity index (χ3n) is 3.87. The van der Waals surface area contributed by atoms with Crippen LogP contribution in [0, 0.1) is 5.92 Å². The minimum Gasteiger partial charge on any atom is -0.339 e. The highest BCUT2D eigenvalue weighted by Gasteiger charge is 2.27. The molecule has 1 aromatic carbocycles. The summed E-state index contributed by atoms with van der Waals surface area (Å²) < 4.78 is 5.21. The number of fused-ring (bicyclic) bond motifs is 1. The van der Waals surface area contributed by atoms with Crippen LogP contribution in [0.3, 0.4) is 0 Å². The molecule has 0 fully saturated rings. The van der Waals surface area contributed by atoms with E-state index in [-0.39, 0.29) is 24.0 Å². The van der Waals surface area contributed by atoms with Crippen LogP contribution in [0.1, 0.15) is 42.6 Å². The highest BCUT2D eigenvalue weighted by atomic mass is 16.5. The topological polar surface area (TPSA) is 56.0 Å². The molecule has 0 N–H and O–H groups in total. The van der Waals surface area contributed by atoms with Gasteiger partial charge in [0.05, 0.1) is 6.42 Å². The summed E-state index contributed by atoms with van der Waals surface area (Å²) in [5, 5.41) is 4.06. The summed E-state index contributed by atoms with van der Waals surface area (Å²) in [5.41, 5.74) is 2.73. The van der Waals surface area contributed by atoms with Crippen molar-refractivity contribution in [2.24, 2.45) is 5.92 Å². The normalized spacial score (nSPS) is 14.8. The third-order valence-corrected chi connectivity index (χ3v) is 3.87. The van der Waals surface area contributed by atoms with E-state index in [2.05, 4.69) is 34.4 Å². The molecule has 3 rings (SSSR count). The number of aromatic nitrogens is 2. The van der Waals surface area contributed by atoms with E-state index in [1.165, 1.54) is 11.1 Å². The van der Waals surface area contributed by atoms with Gasteiger partial charge in [-0.2, -0.15) is 4.98 Å². The molecule has 104 valence electrons. The molecule has 20 heavy (non-hydrogen) atoms. The van der Waals surface area contributed by atoms with Crippen LogP contribution >= 0.6 is 0 Å². The van der Waals surface area contributed by atoms with Gasteiger partial charge in [0.15, 0.2) is 5.82 Å². The molecule has 0 atom stereocenters. The van der Waals surface area contributed by atoms with E-state index in [1.54, 1.807) is 0 Å². The number of hydrogen-bond acceptors (Lipinski definition) is 4. The molecule has 0 aliphatic heterocycles. The molecule has 4 heteroatoms. The molecule has 1 aliphatic carbocycles. The summed E-state index contributed by atoms with van der Waals surface area (Å²) in [6, 6.07) is 8.42. The summed E-state index contributed by atoms with van der Waals surface area (Å²) in [4.78, 5) is 16.1. The third kappa shape index (κ3) is 2.50. The van der Waals surface area contributed by atoms with Gasteiger partial charge >= 0.3 is 0 Å². The van der Waals surface area contributed by atoms with Crippen molar-refractivity contribution in [2.45, 2.75) is 39.0 Å². The zero-order valence-electron chi connectivity index (χ0n) is 11.8. The first kappa shape index (κ1) is 13.0. The Bertz CT molecular complexity index is 606. The summed E-state index contributed by atoms with van der Waals surface area (Å²) in [6.07, 6.45) is 2.14. The second-order valence-corrected chi connectivity index (χ2v) is 5.72. The first-order valence-electron chi connectivity index (χ1n) is 7.05. The Labute approximate surface area is 118 Å². The molecule has 0 radical (unpaired) electrons. The molecule has 0 saturated heterocycles. The van der Waals surface area contributed by atoms with Gasteiger partial charge in [-0.1, -0.05) is 43.3 Å². The predicted molar refractivity (Wildman–Crippen MR) is 74.4 cm³/mol. The zero-order chi connectivity index (χ0) is 14.1. The average molecular weight is 270 g/mol. The van der Waals surface area contributed by atoms with E-state index in [1.807, 2.05) is 13.8 Å². The Morgan fingerprint density at radius 3 is 2.55 bits per heavy atom. The summed E-state index contributed by atoms with van der Waals surface area (Å²) in [5.74, 6) is 1.58. The molecule has 0 bridgehead atoms. The Balaban J connectivity index is 1.71. The number of hydrogen-bond donors (Lipinski definition) is 0. The van der Waals surface area contributed by atoms with E-state index in [0.29, 0.717) is 5.89 Å². The van der Waals surface area contributed by atoms with Crippen molar-refractivity contribution in [3.63, 3.8) is 0 Å². The molecular weight excluding hydrogens is 252 g/mol. The monoisotopic (exact) mass is 270 g/mol. The van der Waals surface area contributed by atoms with Crippen LogP contribution in [0.4, 0.5) is 0 Å². The lowest BCUT2D eigenvalue weighted by Crippen LogP contribution is -2.10. The SMILES string of the molecule is CC(C)C(=O)Cc1nc(C2Cc3ccccc3C2)no1. The van der Waals surface area contributed by atoms with Crippen LogP contribution in [0.15, 0.2) is 28.8 Å². The van der Waals surface area contributed by atoms with Gasteiger partial charge in [-0.3, -0.25) is 4.79 Å². The second kappa shape index (κ2) is 5.19. The van der Waals surface area contributed by atoms with Gasteiger partial charge in [0.25, 0.3) is 0 Å². The Morgan fingerprint density at radius 2 is 1.95 bits per heavy atom. The molecular formula is C16H18N2O2. The Morgan fingerprint density at radius 1 is 1.30 bits per heavy atom. The lowest BCUT2D eigenvalue weighted by atomic mass is 10.1. The number of carbonyl (C=O) groups excluding carboxylic acids is 1. The van der Waals surface area contributed by atoms with Crippen LogP contribution in [0.5, 0.6) is 0 Å². The van der Waals surface area contributed by atoms with Crippen LogP contribution in [0.25, 0.3) is 0 Å². The van der Waals surface area contributed by atoms with Crippen LogP contribution < -0.4 is 0 Å². The first-order valence-corrected chi connectivity index (χ1v) is 7.05. The Hall–Kier alpha value is -1.97. The van der Waals surface area contributed by atoms with Crippen LogP contribution in [-0.4, -0.2) is 15.9 Å². The molecule has 0 amide bonds. The summed E-state index contributed by atoms with van der Waals surface area (Å²) in [7, 11) is 0. The van der Waals surface area contributed by atoms with E-state index < -0.39 is 0 Å². The van der Waals surface area contributed by atoms with Crippen molar-refractivity contribution in [3.05, 3.63) is 47.1 Å². The summed E-state index contributed by atoms with van der Waals surface area (Å²) >= 11 is 0. The quantitative estimate of drug-likeness (QED) is 0.857. The minimum absolute atomic E-state index is 0.00100. The van der Waals surface area contributed by atoms with Gasteiger partial charge in [-0.05, 0) is 24.0 Å². The summed E-state index contributed by atoms with van der Waals surface area (Å²) in [6.45, 7) is 3.76. The molecule has 0 unspecified atom stereocenters. The zero-order valence-corrected chi connectivity index (χ0v) is 11.8. The number of rotatable bonds is 4. The first-order chi connectivity index (χ1) is 9.63. The van der Waals surface area contributed by atoms with Crippen molar-refractivity contribution in [2.75, 3.05) is 0 Å². The molecule has 0 saturated carbocycles. The number of ketones is 1. The fourth-order valence-corrected chi connectivity index (χ4v) is 2.60. The molecule has 0 spiro atoms. The van der Waals surface area contributed by atoms with Gasteiger partial charge in [-0.25, -0.2) is 0 Å². The maximum atomic E-state index is 11.7. The van der Waals surface area contributed by atoms with Crippen molar-refractivity contribution in [1.29, 1.82) is 0 Å². The van der Waals surface area contributed by atoms with Crippen LogP contribution in [-0.2, 0) is 24.1 Å². The van der Waals surface area contributed by atoms with Gasteiger partial charge in [0.1, 0.15) is 5.78 Å². The van der Waals surface area contributed by atoms with Gasteiger partial charge in [0.2, 0.25) is 5.89 Å². The fraction of sp³-hybridized carbons (Fsp3) is 0.438. The van der Waals surface area contributed by atoms with E-state index >= 15 is 0 Å². The fourth-order valence-electron chi connectivity index (χ4n) is 2.60. The average Bonchev–Trinajstić information content (AvgIpc) is 3.03. The van der Waals surface area contributed by atoms with Crippen molar-refractivity contribution < 1.29 is 9.32 Å². The number of benzene rings is 1. The number of carbonyl (C=O) groups is 1. The standard InChI is InChI=1S/C16H18N2O2/c1-10(2)14(19)9-15-17-16(18-20-15)13-7-11-5-3-4-6-12(11)8-13/h3-6,10,13H,7-9H2,1-2H3. The smallest absolute Gasteiger partial charge is 0.234 e. The van der Waals surface area contributed by atoms with Gasteiger partial charge in [-0.15, -0.1) is 0 Å². The number of Topliss-reactive ketones (excluding diaryl/α,β-unsaturated/α-hetero) is 1. The Kier molecular flexibility index (Phi) is 3.38. The van der Waals surface area contributed by atoms with Crippen molar-refractivity contribution in [3.8, 4) is 0 Å². The van der Waals surface area contributed by atoms with Gasteiger partial charge < -0.3 is 4.52 Å². The largest absolute Gasteiger partial charge is 0.339 e. The highest BCUT2D eigenvalue weighted by molar-refractivity contribution is 5.81. The van der Waals surface area contributed by atoms with E-state index in [0.717, 1.165) is 18.7 Å². The van der Waals surface area contributed by atoms with E-state index in [9.17, 15) is 4.79 Å².